The number of hydrogen-bond acceptors (Lipinski definition) is 8. The maximum absolute atomic E-state index is 13.0. The summed E-state index contributed by atoms with van der Waals surface area (Å²) >= 11 is 0. The van der Waals surface area contributed by atoms with Crippen molar-refractivity contribution in [1.29, 1.82) is 0 Å². The number of esters is 2. The first kappa shape index (κ1) is 85.5. The third-order valence-corrected chi connectivity index (χ3v) is 17.6. The summed E-state index contributed by atoms with van der Waals surface area (Å²) in [5.41, 5.74) is 0. The van der Waals surface area contributed by atoms with E-state index in [-0.39, 0.29) is 32.2 Å². The van der Waals surface area contributed by atoms with E-state index < -0.39 is 24.3 Å². The first-order chi connectivity index (χ1) is 43.1. The fraction of sp³-hybridized carbons (Fsp3) is 0.886. The Hall–Kier alpha value is -2.49. The van der Waals surface area contributed by atoms with E-state index in [4.69, 9.17) is 18.9 Å². The Kier molecular flexibility index (Phi) is 68.4. The number of aliphatic carboxylic acids is 1. The minimum absolute atomic E-state index is 0.150. The van der Waals surface area contributed by atoms with Gasteiger partial charge in [-0.15, -0.1) is 0 Å². The van der Waals surface area contributed by atoms with Gasteiger partial charge in [-0.25, -0.2) is 0 Å². The molecule has 0 aromatic heterocycles. The molecule has 9 heteroatoms. The summed E-state index contributed by atoms with van der Waals surface area (Å²) in [7, 11) is 5.95. The van der Waals surface area contributed by atoms with Gasteiger partial charge in [0, 0.05) is 12.8 Å². The van der Waals surface area contributed by atoms with Crippen molar-refractivity contribution >= 4 is 17.9 Å². The topological polar surface area (TPSA) is 111 Å². The third kappa shape index (κ3) is 71.0. The molecule has 0 fully saturated rings. The zero-order valence-corrected chi connectivity index (χ0v) is 59.4. The van der Waals surface area contributed by atoms with Gasteiger partial charge in [-0.05, 0) is 51.4 Å². The average molecular weight is 1240 g/mol. The molecule has 0 aromatic rings. The predicted molar refractivity (Wildman–Crippen MR) is 376 cm³/mol. The van der Waals surface area contributed by atoms with Gasteiger partial charge in [-0.1, -0.05) is 365 Å². The van der Waals surface area contributed by atoms with Crippen molar-refractivity contribution in [2.45, 2.75) is 405 Å². The number of likely N-dealkylation sites (N-methyl/N-ethyl adjacent to an activating group) is 1. The Morgan fingerprint density at radius 1 is 0.341 bits per heavy atom. The van der Waals surface area contributed by atoms with Crippen LogP contribution in [-0.4, -0.2) is 82.3 Å². The van der Waals surface area contributed by atoms with E-state index in [0.29, 0.717) is 23.9 Å². The van der Waals surface area contributed by atoms with Crippen LogP contribution in [0.1, 0.15) is 393 Å². The lowest BCUT2D eigenvalue weighted by molar-refractivity contribution is -0.870. The van der Waals surface area contributed by atoms with Crippen LogP contribution in [0.4, 0.5) is 0 Å². The number of unbranched alkanes of at least 4 members (excludes halogenated alkanes) is 52. The molecular weight excluding hydrogens is 1090 g/mol. The van der Waals surface area contributed by atoms with E-state index in [1.54, 1.807) is 0 Å². The van der Waals surface area contributed by atoms with Crippen LogP contribution >= 0.6 is 0 Å². The highest BCUT2D eigenvalue weighted by Crippen LogP contribution is 2.20. The van der Waals surface area contributed by atoms with E-state index >= 15 is 0 Å². The Balaban J connectivity index is 4.00. The molecule has 0 amide bonds. The zero-order chi connectivity index (χ0) is 64.0. The SMILES string of the molecule is CCCCCCC/C=C\C/C=C\C/C=C\CCCCCCCCCCCCCCCCC(=O)OC(COC(=O)CCCCCCCCCCCCCCCCCCCCCCCCCCCCCCCCCCCC)COC(OCC[N+](C)(C)C)C(=O)[O-]. The van der Waals surface area contributed by atoms with E-state index in [0.717, 1.165) is 44.9 Å². The van der Waals surface area contributed by atoms with Crippen LogP contribution in [-0.2, 0) is 33.3 Å². The molecule has 0 aliphatic heterocycles. The second-order valence-electron chi connectivity index (χ2n) is 27.7. The number of carbonyl (C=O) groups is 3. The highest BCUT2D eigenvalue weighted by Gasteiger charge is 2.22. The van der Waals surface area contributed by atoms with E-state index in [1.807, 2.05) is 21.1 Å². The monoisotopic (exact) mass is 1240 g/mol. The van der Waals surface area contributed by atoms with Gasteiger partial charge in [0.05, 0.1) is 40.3 Å². The number of quaternary nitrogens is 1. The lowest BCUT2D eigenvalue weighted by Crippen LogP contribution is -2.44. The van der Waals surface area contributed by atoms with Crippen molar-refractivity contribution < 1.29 is 42.9 Å². The summed E-state index contributed by atoms with van der Waals surface area (Å²) in [5, 5.41) is 11.8. The van der Waals surface area contributed by atoms with Crippen LogP contribution in [0.2, 0.25) is 0 Å². The largest absolute Gasteiger partial charge is 0.545 e. The quantitative estimate of drug-likeness (QED) is 0.0195. The molecule has 0 aliphatic rings. The number of rotatable bonds is 73. The first-order valence-electron chi connectivity index (χ1n) is 38.6. The van der Waals surface area contributed by atoms with Gasteiger partial charge in [-0.2, -0.15) is 0 Å². The molecule has 0 radical (unpaired) electrons. The lowest BCUT2D eigenvalue weighted by Gasteiger charge is -2.26. The van der Waals surface area contributed by atoms with Gasteiger partial charge in [0.2, 0.25) is 0 Å². The van der Waals surface area contributed by atoms with Crippen LogP contribution < -0.4 is 5.11 Å². The van der Waals surface area contributed by atoms with E-state index in [2.05, 4.69) is 50.3 Å². The number of carbonyl (C=O) groups excluding carboxylic acids is 3. The normalized spacial score (nSPS) is 12.8. The molecule has 0 spiro atoms. The standard InChI is InChI=1S/C79H149NO8/c1-6-8-10-12-14-16-18-20-22-24-26-28-30-32-34-36-37-38-39-40-42-43-45-47-49-51-53-55-57-59-61-63-65-67-69-76(81)86-73-75(74-87-79(78(83)84)85-72-71-80(3,4)5)88-77(82)70-68-66-64-62-60-58-56-54-52-50-48-46-44-41-35-33-31-29-27-25-23-21-19-17-15-13-11-9-7-2/h19,21,25,27,31,33,75,79H,6-18,20,22-24,26,28-30,32,34-74H2,1-5H3/b21-19-,27-25-,33-31-. The summed E-state index contributed by atoms with van der Waals surface area (Å²) in [4.78, 5) is 37.6. The lowest BCUT2D eigenvalue weighted by atomic mass is 10.0. The summed E-state index contributed by atoms with van der Waals surface area (Å²) in [6.45, 7) is 4.81. The number of allylic oxidation sites excluding steroid dienone is 6. The van der Waals surface area contributed by atoms with E-state index in [1.165, 1.54) is 315 Å². The molecule has 0 bridgehead atoms. The van der Waals surface area contributed by atoms with Gasteiger partial charge in [0.1, 0.15) is 13.2 Å². The summed E-state index contributed by atoms with van der Waals surface area (Å²) in [5.74, 6) is -2.25. The summed E-state index contributed by atoms with van der Waals surface area (Å²) < 4.78 is 22.9. The summed E-state index contributed by atoms with van der Waals surface area (Å²) in [6, 6.07) is 0. The smallest absolute Gasteiger partial charge is 0.306 e. The van der Waals surface area contributed by atoms with Crippen LogP contribution in [0.15, 0.2) is 36.5 Å². The van der Waals surface area contributed by atoms with Crippen LogP contribution in [0, 0.1) is 0 Å². The highest BCUT2D eigenvalue weighted by molar-refractivity contribution is 5.70. The van der Waals surface area contributed by atoms with Gasteiger partial charge in [0.25, 0.3) is 0 Å². The number of carboxylic acid groups (broad SMARTS) is 1. The molecule has 0 heterocycles. The maximum atomic E-state index is 13.0. The van der Waals surface area contributed by atoms with Crippen molar-refractivity contribution in [3.63, 3.8) is 0 Å². The fourth-order valence-corrected chi connectivity index (χ4v) is 11.7. The molecule has 518 valence electrons. The molecule has 2 unspecified atom stereocenters. The molecule has 88 heavy (non-hydrogen) atoms. The number of carboxylic acids is 1. The molecule has 9 nitrogen and oxygen atoms in total. The number of hydrogen-bond donors (Lipinski definition) is 0. The zero-order valence-electron chi connectivity index (χ0n) is 59.4. The Bertz CT molecular complexity index is 1540. The van der Waals surface area contributed by atoms with Crippen molar-refractivity contribution in [3.8, 4) is 0 Å². The predicted octanol–water partition coefficient (Wildman–Crippen LogP) is 23.0. The van der Waals surface area contributed by atoms with Crippen molar-refractivity contribution in [2.75, 3.05) is 47.5 Å². The van der Waals surface area contributed by atoms with Crippen molar-refractivity contribution in [2.24, 2.45) is 0 Å². The number of nitrogens with zero attached hydrogens (tertiary/aromatic N) is 1. The van der Waals surface area contributed by atoms with Crippen molar-refractivity contribution in [3.05, 3.63) is 36.5 Å². The molecule has 0 saturated carbocycles. The fourth-order valence-electron chi connectivity index (χ4n) is 11.7. The van der Waals surface area contributed by atoms with Gasteiger partial charge in [0.15, 0.2) is 12.4 Å². The van der Waals surface area contributed by atoms with Crippen LogP contribution in [0.25, 0.3) is 0 Å². The second-order valence-corrected chi connectivity index (χ2v) is 27.7. The molecular formula is C79H149NO8. The van der Waals surface area contributed by atoms with Gasteiger partial charge >= 0.3 is 11.9 Å². The van der Waals surface area contributed by atoms with E-state index in [9.17, 15) is 19.5 Å². The van der Waals surface area contributed by atoms with Gasteiger partial charge < -0.3 is 33.3 Å². The highest BCUT2D eigenvalue weighted by atomic mass is 16.7. The third-order valence-electron chi connectivity index (χ3n) is 17.6. The molecule has 0 saturated heterocycles. The minimum Gasteiger partial charge on any atom is -0.545 e. The Morgan fingerprint density at radius 3 is 0.909 bits per heavy atom. The van der Waals surface area contributed by atoms with Crippen LogP contribution in [0.5, 0.6) is 0 Å². The molecule has 2 atom stereocenters. The maximum Gasteiger partial charge on any atom is 0.306 e. The van der Waals surface area contributed by atoms with Gasteiger partial charge in [-0.3, -0.25) is 9.59 Å². The Labute approximate surface area is 547 Å². The first-order valence-corrected chi connectivity index (χ1v) is 38.6. The molecule has 0 N–H and O–H groups in total. The minimum atomic E-state index is -1.62. The molecule has 0 rings (SSSR count). The second kappa shape index (κ2) is 70.4. The average Bonchev–Trinajstić information content (AvgIpc) is 3.54. The summed E-state index contributed by atoms with van der Waals surface area (Å²) in [6.07, 6.45) is 86.9. The molecule has 0 aliphatic carbocycles. The van der Waals surface area contributed by atoms with Crippen molar-refractivity contribution in [1.82, 2.24) is 0 Å². The van der Waals surface area contributed by atoms with Crippen LogP contribution in [0.3, 0.4) is 0 Å². The Morgan fingerprint density at radius 2 is 0.614 bits per heavy atom. The molecule has 0 aromatic carbocycles. The number of ether oxygens (including phenoxy) is 4.